The van der Waals surface area contributed by atoms with Crippen molar-refractivity contribution in [2.24, 2.45) is 5.73 Å². The summed E-state index contributed by atoms with van der Waals surface area (Å²) < 4.78 is 30.3. The normalized spacial score (nSPS) is 13.4. The molecule has 0 atom stereocenters. The van der Waals surface area contributed by atoms with Crippen molar-refractivity contribution in [2.45, 2.75) is 6.92 Å². The predicted molar refractivity (Wildman–Crippen MR) is 137 cm³/mol. The monoisotopic (exact) mass is 530 g/mol. The van der Waals surface area contributed by atoms with E-state index >= 15 is 4.39 Å². The van der Waals surface area contributed by atoms with Gasteiger partial charge in [0.25, 0.3) is 0 Å². The first-order valence-electron chi connectivity index (χ1n) is 10.8. The lowest BCUT2D eigenvalue weighted by Crippen LogP contribution is -2.50. The highest BCUT2D eigenvalue weighted by atomic mass is 35.5. The van der Waals surface area contributed by atoms with Gasteiger partial charge in [-0.3, -0.25) is 4.79 Å². The third-order valence-electron chi connectivity index (χ3n) is 5.69. The molecule has 0 radical (unpaired) electrons. The smallest absolute Gasteiger partial charge is 0.236 e. The summed E-state index contributed by atoms with van der Waals surface area (Å²) in [5.41, 5.74) is 11.9. The van der Waals surface area contributed by atoms with Crippen molar-refractivity contribution >= 4 is 60.9 Å². The van der Waals surface area contributed by atoms with E-state index in [1.807, 2.05) is 4.90 Å². The molecular formula is C23H21ClF2N8OS. The number of nitrogens with two attached hydrogens (primary N) is 2. The Kier molecular flexibility index (Phi) is 7.44. The summed E-state index contributed by atoms with van der Waals surface area (Å²) in [5, 5.41) is 8.05. The second-order valence-electron chi connectivity index (χ2n) is 7.76. The molecule has 1 aliphatic heterocycles. The fraction of sp³-hybridized carbons (Fsp3) is 0.261. The summed E-state index contributed by atoms with van der Waals surface area (Å²) in [5.74, 6) is -0.738. The van der Waals surface area contributed by atoms with Crippen LogP contribution in [0.5, 0.6) is 0 Å². The average Bonchev–Trinajstić information content (AvgIpc) is 3.27. The second kappa shape index (κ2) is 10.5. The van der Waals surface area contributed by atoms with Gasteiger partial charge in [0.2, 0.25) is 5.91 Å². The molecule has 0 unspecified atom stereocenters. The number of fused-ring (bicyclic) bond motifs is 2. The van der Waals surface area contributed by atoms with E-state index in [9.17, 15) is 9.18 Å². The van der Waals surface area contributed by atoms with E-state index in [1.165, 1.54) is 25.4 Å². The Morgan fingerprint density at radius 2 is 1.92 bits per heavy atom. The van der Waals surface area contributed by atoms with Crippen molar-refractivity contribution in [3.05, 3.63) is 41.2 Å². The van der Waals surface area contributed by atoms with Gasteiger partial charge in [0.15, 0.2) is 10.9 Å². The zero-order valence-electron chi connectivity index (χ0n) is 19.1. The number of nitrogen functional groups attached to an aromatic ring is 1. The highest BCUT2D eigenvalue weighted by Crippen LogP contribution is 2.42. The van der Waals surface area contributed by atoms with Gasteiger partial charge in [-0.05, 0) is 18.2 Å². The van der Waals surface area contributed by atoms with Crippen molar-refractivity contribution in [3.8, 4) is 17.2 Å². The summed E-state index contributed by atoms with van der Waals surface area (Å²) in [6, 6.07) is 6.03. The van der Waals surface area contributed by atoms with Crippen molar-refractivity contribution in [1.29, 1.82) is 5.26 Å². The molecule has 1 amide bonds. The van der Waals surface area contributed by atoms with Gasteiger partial charge >= 0.3 is 0 Å². The zero-order valence-corrected chi connectivity index (χ0v) is 20.7. The minimum atomic E-state index is -0.655. The number of carbonyl (C=O) groups excluding carboxylic acids is 1. The van der Waals surface area contributed by atoms with Crippen molar-refractivity contribution in [3.63, 3.8) is 0 Å². The fourth-order valence-corrected chi connectivity index (χ4v) is 5.16. The number of benzene rings is 2. The predicted octanol–water partition coefficient (Wildman–Crippen LogP) is 3.56. The molecule has 5 rings (SSSR count). The molecule has 0 aliphatic carbocycles. The maximum atomic E-state index is 15.8. The number of thiazole rings is 1. The van der Waals surface area contributed by atoms with E-state index in [0.717, 1.165) is 11.3 Å². The van der Waals surface area contributed by atoms with Crippen LogP contribution in [-0.4, -0.2) is 58.5 Å². The van der Waals surface area contributed by atoms with Crippen LogP contribution >= 0.6 is 22.9 Å². The summed E-state index contributed by atoms with van der Waals surface area (Å²) >= 11 is 7.54. The number of anilines is 2. The van der Waals surface area contributed by atoms with Crippen LogP contribution in [0.25, 0.3) is 32.2 Å². The average molecular weight is 531 g/mol. The lowest BCUT2D eigenvalue weighted by atomic mass is 10.0. The quantitative estimate of drug-likeness (QED) is 0.410. The molecule has 1 aliphatic rings. The lowest BCUT2D eigenvalue weighted by Gasteiger charge is -2.35. The Labute approximate surface area is 213 Å². The topological polar surface area (TPSA) is 138 Å². The SMILES string of the molecule is CC#N.NCC(=O)N1CCN(c2ncnc3c(F)c(-c4ccc(F)c5sc(N)nc45)c(Cl)cc23)CC1. The number of aromatic nitrogens is 3. The van der Waals surface area contributed by atoms with Gasteiger partial charge in [0, 0.05) is 49.6 Å². The first-order chi connectivity index (χ1) is 17.3. The highest BCUT2D eigenvalue weighted by molar-refractivity contribution is 7.22. The maximum Gasteiger partial charge on any atom is 0.236 e. The number of nitriles is 1. The van der Waals surface area contributed by atoms with E-state index < -0.39 is 11.6 Å². The van der Waals surface area contributed by atoms with Gasteiger partial charge in [-0.25, -0.2) is 23.7 Å². The van der Waals surface area contributed by atoms with Gasteiger partial charge in [0.1, 0.15) is 23.5 Å². The van der Waals surface area contributed by atoms with Gasteiger partial charge < -0.3 is 21.3 Å². The molecule has 36 heavy (non-hydrogen) atoms. The van der Waals surface area contributed by atoms with Crippen LogP contribution in [0.3, 0.4) is 0 Å². The van der Waals surface area contributed by atoms with Crippen molar-refractivity contribution in [1.82, 2.24) is 19.9 Å². The third-order valence-corrected chi connectivity index (χ3v) is 6.88. The molecule has 1 fully saturated rings. The number of rotatable bonds is 3. The van der Waals surface area contributed by atoms with Gasteiger partial charge in [-0.2, -0.15) is 5.26 Å². The Bertz CT molecular complexity index is 1500. The number of halogens is 3. The minimum Gasteiger partial charge on any atom is -0.375 e. The molecule has 9 nitrogen and oxygen atoms in total. The molecule has 13 heteroatoms. The molecule has 2 aromatic carbocycles. The highest BCUT2D eigenvalue weighted by Gasteiger charge is 2.26. The van der Waals surface area contributed by atoms with Crippen LogP contribution in [-0.2, 0) is 4.79 Å². The second-order valence-corrected chi connectivity index (χ2v) is 9.20. The number of nitrogens with zero attached hydrogens (tertiary/aromatic N) is 6. The molecule has 186 valence electrons. The van der Waals surface area contributed by atoms with Crippen LogP contribution in [0, 0.1) is 23.0 Å². The molecular weight excluding hydrogens is 510 g/mol. The molecule has 0 spiro atoms. The van der Waals surface area contributed by atoms with E-state index in [0.29, 0.717) is 42.9 Å². The Morgan fingerprint density at radius 3 is 2.58 bits per heavy atom. The van der Waals surface area contributed by atoms with E-state index in [-0.39, 0.29) is 43.9 Å². The van der Waals surface area contributed by atoms with Crippen molar-refractivity contribution in [2.75, 3.05) is 43.4 Å². The molecule has 4 N–H and O–H groups in total. The lowest BCUT2D eigenvalue weighted by molar-refractivity contribution is -0.129. The number of hydrogen-bond donors (Lipinski definition) is 2. The molecule has 0 saturated carbocycles. The number of carbonyl (C=O) groups is 1. The number of hydrogen-bond acceptors (Lipinski definition) is 9. The summed E-state index contributed by atoms with van der Waals surface area (Å²) in [7, 11) is 0. The van der Waals surface area contributed by atoms with Crippen LogP contribution < -0.4 is 16.4 Å². The zero-order chi connectivity index (χ0) is 26.0. The standard InChI is InChI=1S/C21H18ClF2N7OS.C2H3N/c22-12-7-11-17(27-9-28-20(11)31-5-3-30(4-6-31)14(32)8-25)16(24)15(12)10-1-2-13(23)19-18(10)29-21(26)33-19;1-2-3/h1-2,7,9H,3-6,8,25H2,(H2,26,29);1H3. The van der Waals surface area contributed by atoms with Gasteiger partial charge in [0.05, 0.1) is 27.9 Å². The Balaban J connectivity index is 0.000000967. The first kappa shape index (κ1) is 25.4. The van der Waals surface area contributed by atoms with Gasteiger partial charge in [-0.15, -0.1) is 0 Å². The Morgan fingerprint density at radius 1 is 1.22 bits per heavy atom. The van der Waals surface area contributed by atoms with E-state index in [4.69, 9.17) is 28.3 Å². The Hall–Kier alpha value is -3.66. The largest absolute Gasteiger partial charge is 0.375 e. The summed E-state index contributed by atoms with van der Waals surface area (Å²) in [4.78, 5) is 28.2. The van der Waals surface area contributed by atoms with E-state index in [1.54, 1.807) is 17.0 Å². The van der Waals surface area contributed by atoms with Crippen molar-refractivity contribution < 1.29 is 13.6 Å². The fourth-order valence-electron chi connectivity index (χ4n) is 4.11. The third kappa shape index (κ3) is 4.60. The molecule has 1 saturated heterocycles. The van der Waals surface area contributed by atoms with E-state index in [2.05, 4.69) is 15.0 Å². The van der Waals surface area contributed by atoms with Gasteiger partial charge in [-0.1, -0.05) is 22.9 Å². The molecule has 3 heterocycles. The number of amides is 1. The summed E-state index contributed by atoms with van der Waals surface area (Å²) in [6.07, 6.45) is 1.29. The summed E-state index contributed by atoms with van der Waals surface area (Å²) in [6.45, 7) is 3.37. The molecule has 0 bridgehead atoms. The number of piperazine rings is 1. The van der Waals surface area contributed by atoms with Crippen LogP contribution in [0.1, 0.15) is 6.92 Å². The molecule has 4 aromatic rings. The minimum absolute atomic E-state index is 0.0404. The van der Waals surface area contributed by atoms with Crippen LogP contribution in [0.4, 0.5) is 19.7 Å². The first-order valence-corrected chi connectivity index (χ1v) is 12.0. The maximum absolute atomic E-state index is 15.8. The molecule has 2 aromatic heterocycles. The van der Waals surface area contributed by atoms with Crippen LogP contribution in [0.2, 0.25) is 5.02 Å². The van der Waals surface area contributed by atoms with Crippen LogP contribution in [0.15, 0.2) is 24.5 Å².